The van der Waals surface area contributed by atoms with E-state index in [-0.39, 0.29) is 7.43 Å². The number of nitrogens with zero attached hydrogens (tertiary/aromatic N) is 2. The van der Waals surface area contributed by atoms with Crippen molar-refractivity contribution in [3.63, 3.8) is 0 Å². The molecular weight excluding hydrogens is 292 g/mol. The summed E-state index contributed by atoms with van der Waals surface area (Å²) in [6.07, 6.45) is 7.88. The molecule has 0 amide bonds. The third kappa shape index (κ3) is 12.2. The van der Waals surface area contributed by atoms with Crippen molar-refractivity contribution >= 4 is 0 Å². The van der Waals surface area contributed by atoms with Gasteiger partial charge in [0.15, 0.2) is 0 Å². The van der Waals surface area contributed by atoms with Gasteiger partial charge in [-0.25, -0.2) is 0 Å². The second-order valence-electron chi connectivity index (χ2n) is 5.23. The first-order valence-electron chi connectivity index (χ1n) is 8.09. The molecule has 5 heteroatoms. The lowest BCUT2D eigenvalue weighted by molar-refractivity contribution is 0.0302. The minimum absolute atomic E-state index is 0. The van der Waals surface area contributed by atoms with Gasteiger partial charge in [-0.15, -0.1) is 18.9 Å². The lowest BCUT2D eigenvalue weighted by Crippen LogP contribution is -2.37. The highest BCUT2D eigenvalue weighted by Crippen LogP contribution is 1.96. The zero-order chi connectivity index (χ0) is 15.9. The van der Waals surface area contributed by atoms with Gasteiger partial charge < -0.3 is 14.2 Å². The highest BCUT2D eigenvalue weighted by Gasteiger charge is 2.09. The molecule has 0 spiro atoms. The van der Waals surface area contributed by atoms with E-state index >= 15 is 0 Å². The Hall–Kier alpha value is -0.900. The molecule has 1 aliphatic rings. The van der Waals surface area contributed by atoms with Crippen LogP contribution in [0.2, 0.25) is 0 Å². The lowest BCUT2D eigenvalue weighted by Gasteiger charge is -2.25. The molecule has 134 valence electrons. The van der Waals surface area contributed by atoms with Gasteiger partial charge in [0.1, 0.15) is 0 Å². The Morgan fingerprint density at radius 1 is 1.00 bits per heavy atom. The number of terminal acetylenes is 1. The van der Waals surface area contributed by atoms with Gasteiger partial charge in [0.2, 0.25) is 0 Å². The minimum Gasteiger partial charge on any atom is -0.379 e. The Morgan fingerprint density at radius 3 is 2.00 bits per heavy atom. The Kier molecular flexibility index (Phi) is 15.4. The average Bonchev–Trinajstić information content (AvgIpc) is 2.52. The molecule has 0 atom stereocenters. The maximum absolute atomic E-state index is 5.74. The van der Waals surface area contributed by atoms with E-state index in [0.29, 0.717) is 13.2 Å². The van der Waals surface area contributed by atoms with E-state index in [4.69, 9.17) is 20.6 Å². The van der Waals surface area contributed by atoms with Crippen molar-refractivity contribution in [3.8, 4) is 12.3 Å². The molecule has 1 saturated heterocycles. The molecule has 1 aliphatic heterocycles. The maximum atomic E-state index is 5.74. The first kappa shape index (κ1) is 22.1. The molecule has 0 aromatic carbocycles. The predicted octanol–water partition coefficient (Wildman–Crippen LogP) is 1.50. The van der Waals surface area contributed by atoms with E-state index < -0.39 is 0 Å². The summed E-state index contributed by atoms with van der Waals surface area (Å²) in [5.41, 5.74) is 0. The first-order chi connectivity index (χ1) is 10.9. The second-order valence-corrected chi connectivity index (χ2v) is 5.23. The molecule has 0 bridgehead atoms. The molecule has 1 heterocycles. The lowest BCUT2D eigenvalue weighted by atomic mass is 10.3. The summed E-state index contributed by atoms with van der Waals surface area (Å²) in [6.45, 7) is 13.4. The van der Waals surface area contributed by atoms with Crippen LogP contribution >= 0.6 is 0 Å². The van der Waals surface area contributed by atoms with E-state index in [1.54, 1.807) is 6.08 Å². The maximum Gasteiger partial charge on any atom is 0.0645 e. The van der Waals surface area contributed by atoms with Gasteiger partial charge in [-0.2, -0.15) is 0 Å². The van der Waals surface area contributed by atoms with Gasteiger partial charge in [-0.3, -0.25) is 9.80 Å². The molecule has 23 heavy (non-hydrogen) atoms. The molecule has 0 aromatic rings. The normalized spacial score (nSPS) is 18.9. The fourth-order valence-electron chi connectivity index (χ4n) is 2.23. The van der Waals surface area contributed by atoms with Crippen LogP contribution in [0.3, 0.4) is 0 Å². The summed E-state index contributed by atoms with van der Waals surface area (Å²) in [7, 11) is 0. The standard InChI is InChI=1S/C17H30N2O3.CH4/c1-3-5-6-18-7-14-21-16-10-19(9-13-20-12-4-2)11-17-22-15-8-18;/h1,4H,2,5-17H2;1H4. The smallest absolute Gasteiger partial charge is 0.0645 e. The summed E-state index contributed by atoms with van der Waals surface area (Å²) in [5.74, 6) is 2.69. The van der Waals surface area contributed by atoms with Crippen molar-refractivity contribution in [1.82, 2.24) is 9.80 Å². The van der Waals surface area contributed by atoms with Gasteiger partial charge >= 0.3 is 0 Å². The van der Waals surface area contributed by atoms with Crippen molar-refractivity contribution in [3.05, 3.63) is 12.7 Å². The highest BCUT2D eigenvalue weighted by molar-refractivity contribution is 4.84. The summed E-state index contributed by atoms with van der Waals surface area (Å²) >= 11 is 0. The summed E-state index contributed by atoms with van der Waals surface area (Å²) < 4.78 is 16.9. The van der Waals surface area contributed by atoms with Crippen LogP contribution in [0.5, 0.6) is 0 Å². The highest BCUT2D eigenvalue weighted by atomic mass is 16.5. The van der Waals surface area contributed by atoms with Gasteiger partial charge in [-0.05, 0) is 0 Å². The zero-order valence-corrected chi connectivity index (χ0v) is 13.7. The molecule has 0 radical (unpaired) electrons. The van der Waals surface area contributed by atoms with Gasteiger partial charge in [0.25, 0.3) is 0 Å². The third-order valence-electron chi connectivity index (χ3n) is 3.57. The molecule has 5 nitrogen and oxygen atoms in total. The van der Waals surface area contributed by atoms with E-state index in [2.05, 4.69) is 22.3 Å². The van der Waals surface area contributed by atoms with E-state index in [1.807, 2.05) is 0 Å². The van der Waals surface area contributed by atoms with Crippen LogP contribution < -0.4 is 0 Å². The van der Waals surface area contributed by atoms with Crippen LogP contribution in [0.4, 0.5) is 0 Å². The van der Waals surface area contributed by atoms with Crippen molar-refractivity contribution in [2.75, 3.05) is 78.9 Å². The van der Waals surface area contributed by atoms with Crippen molar-refractivity contribution in [2.45, 2.75) is 13.8 Å². The first-order valence-corrected chi connectivity index (χ1v) is 8.09. The summed E-state index contributed by atoms with van der Waals surface area (Å²) in [4.78, 5) is 4.63. The third-order valence-corrected chi connectivity index (χ3v) is 3.57. The molecule has 0 aliphatic carbocycles. The van der Waals surface area contributed by atoms with Crippen LogP contribution in [0.25, 0.3) is 0 Å². The molecule has 0 unspecified atom stereocenters. The topological polar surface area (TPSA) is 34.2 Å². The van der Waals surface area contributed by atoms with E-state index in [0.717, 1.165) is 72.1 Å². The van der Waals surface area contributed by atoms with Gasteiger partial charge in [-0.1, -0.05) is 13.5 Å². The van der Waals surface area contributed by atoms with Gasteiger partial charge in [0.05, 0.1) is 39.6 Å². The fourth-order valence-corrected chi connectivity index (χ4v) is 2.23. The molecular formula is C18H34N2O3. The average molecular weight is 326 g/mol. The molecule has 1 fully saturated rings. The Labute approximate surface area is 142 Å². The zero-order valence-electron chi connectivity index (χ0n) is 13.7. The van der Waals surface area contributed by atoms with E-state index in [9.17, 15) is 0 Å². The van der Waals surface area contributed by atoms with Crippen molar-refractivity contribution in [1.29, 1.82) is 0 Å². The second kappa shape index (κ2) is 16.0. The minimum atomic E-state index is 0. The van der Waals surface area contributed by atoms with Gasteiger partial charge in [0, 0.05) is 45.7 Å². The molecule has 0 aromatic heterocycles. The van der Waals surface area contributed by atoms with Crippen molar-refractivity contribution < 1.29 is 14.2 Å². The van der Waals surface area contributed by atoms with Crippen molar-refractivity contribution in [2.24, 2.45) is 0 Å². The quantitative estimate of drug-likeness (QED) is 0.402. The number of hydrogen-bond donors (Lipinski definition) is 0. The number of ether oxygens (including phenoxy) is 3. The Morgan fingerprint density at radius 2 is 1.52 bits per heavy atom. The Bertz CT molecular complexity index is 304. The summed E-state index contributed by atoms with van der Waals surface area (Å²) in [5, 5.41) is 0. The van der Waals surface area contributed by atoms with Crippen LogP contribution in [-0.2, 0) is 14.2 Å². The molecule has 0 N–H and O–H groups in total. The molecule has 0 saturated carbocycles. The Balaban J connectivity index is 0.00000484. The number of hydrogen-bond acceptors (Lipinski definition) is 5. The van der Waals surface area contributed by atoms with Crippen LogP contribution in [0.15, 0.2) is 12.7 Å². The number of rotatable bonds is 7. The summed E-state index contributed by atoms with van der Waals surface area (Å²) in [6, 6.07) is 0. The van der Waals surface area contributed by atoms with Crippen LogP contribution in [0.1, 0.15) is 13.8 Å². The van der Waals surface area contributed by atoms with E-state index in [1.165, 1.54) is 0 Å². The largest absolute Gasteiger partial charge is 0.379 e. The van der Waals surface area contributed by atoms with Crippen LogP contribution in [-0.4, -0.2) is 88.7 Å². The predicted molar refractivity (Wildman–Crippen MR) is 95.7 cm³/mol. The fraction of sp³-hybridized carbons (Fsp3) is 0.778. The van der Waals surface area contributed by atoms with Crippen LogP contribution in [0, 0.1) is 12.3 Å². The molecule has 1 rings (SSSR count). The monoisotopic (exact) mass is 326 g/mol. The SMILES string of the molecule is C.C#CCCN1CCOCCN(CCOCC=C)CCOCC1.